The summed E-state index contributed by atoms with van der Waals surface area (Å²) in [7, 11) is 3.88. The topological polar surface area (TPSA) is 113 Å². The number of oxime groups is 1. The van der Waals surface area contributed by atoms with Gasteiger partial charge in [-0.25, -0.2) is 14.8 Å². The molecule has 0 aliphatic heterocycles. The maximum Gasteiger partial charge on any atom is 0.361 e. The number of carbonyl (C=O) groups excluding carboxylic acids is 1. The Kier molecular flexibility index (Phi) is 8.99. The summed E-state index contributed by atoms with van der Waals surface area (Å²) < 4.78 is 16.0. The highest BCUT2D eigenvalue weighted by atomic mass is 35.5. The third kappa shape index (κ3) is 6.69. The van der Waals surface area contributed by atoms with Crippen LogP contribution >= 0.6 is 11.6 Å². The quantitative estimate of drug-likeness (QED) is 0.236. The summed E-state index contributed by atoms with van der Waals surface area (Å²) in [6.07, 6.45) is 1.23. The summed E-state index contributed by atoms with van der Waals surface area (Å²) in [5, 5.41) is 4.37. The van der Waals surface area contributed by atoms with Gasteiger partial charge in [-0.1, -0.05) is 47.6 Å². The van der Waals surface area contributed by atoms with Crippen molar-refractivity contribution in [1.29, 1.82) is 0 Å². The first-order valence-corrected chi connectivity index (χ1v) is 10.5. The number of nitrogens with one attached hydrogen (secondary N) is 1. The van der Waals surface area contributed by atoms with Gasteiger partial charge >= 0.3 is 5.97 Å². The third-order valence-electron chi connectivity index (χ3n) is 4.49. The Bertz CT molecular complexity index is 1230. The fourth-order valence-electron chi connectivity index (χ4n) is 2.91. The molecule has 11 heteroatoms. The summed E-state index contributed by atoms with van der Waals surface area (Å²) in [6.45, 7) is 4.28. The monoisotopic (exact) mass is 498 g/mol. The molecular weight excluding hydrogens is 476 g/mol. The predicted molar refractivity (Wildman–Crippen MR) is 129 cm³/mol. The van der Waals surface area contributed by atoms with Crippen LogP contribution in [0.15, 0.2) is 66.6 Å². The van der Waals surface area contributed by atoms with Gasteiger partial charge in [-0.2, -0.15) is 0 Å². The molecule has 0 fully saturated rings. The van der Waals surface area contributed by atoms with E-state index >= 15 is 0 Å². The minimum Gasteiger partial charge on any atom is -0.480 e. The van der Waals surface area contributed by atoms with Crippen molar-refractivity contribution in [3.8, 4) is 17.5 Å². The second kappa shape index (κ2) is 12.4. The number of rotatable bonds is 11. The van der Waals surface area contributed by atoms with Gasteiger partial charge in [0.2, 0.25) is 17.5 Å². The van der Waals surface area contributed by atoms with Gasteiger partial charge in [0, 0.05) is 10.6 Å². The number of carbonyl (C=O) groups is 1. The first kappa shape index (κ1) is 25.5. The number of hydrogen-bond donors (Lipinski definition) is 1. The maximum absolute atomic E-state index is 12.3. The van der Waals surface area contributed by atoms with Crippen LogP contribution < -0.4 is 15.0 Å². The zero-order valence-electron chi connectivity index (χ0n) is 19.3. The molecule has 3 aromatic rings. The number of esters is 1. The largest absolute Gasteiger partial charge is 0.480 e. The third-order valence-corrected chi connectivity index (χ3v) is 4.72. The molecule has 0 aliphatic carbocycles. The van der Waals surface area contributed by atoms with Crippen molar-refractivity contribution in [2.75, 3.05) is 21.3 Å². The van der Waals surface area contributed by atoms with Crippen molar-refractivity contribution < 1.29 is 28.7 Å². The fraction of sp³-hybridized carbons (Fsp3) is 0.167. The van der Waals surface area contributed by atoms with E-state index in [-0.39, 0.29) is 29.6 Å². The Morgan fingerprint density at radius 2 is 1.86 bits per heavy atom. The molecule has 1 aromatic heterocycles. The van der Waals surface area contributed by atoms with E-state index in [9.17, 15) is 4.79 Å². The van der Waals surface area contributed by atoms with Gasteiger partial charge in [-0.05, 0) is 29.8 Å². The number of halogens is 1. The van der Waals surface area contributed by atoms with E-state index in [0.717, 1.165) is 5.56 Å². The van der Waals surface area contributed by atoms with E-state index in [0.29, 0.717) is 22.0 Å². The Morgan fingerprint density at radius 3 is 2.57 bits per heavy atom. The van der Waals surface area contributed by atoms with Crippen LogP contribution in [0.3, 0.4) is 0 Å². The van der Waals surface area contributed by atoms with Crippen molar-refractivity contribution in [2.45, 2.75) is 6.61 Å². The van der Waals surface area contributed by atoms with Gasteiger partial charge in [0.25, 0.3) is 0 Å². The molecule has 3 rings (SSSR count). The number of hydroxylamine groups is 1. The van der Waals surface area contributed by atoms with E-state index in [1.54, 1.807) is 24.3 Å². The van der Waals surface area contributed by atoms with E-state index in [2.05, 4.69) is 27.2 Å². The zero-order valence-corrected chi connectivity index (χ0v) is 20.0. The van der Waals surface area contributed by atoms with E-state index in [1.807, 2.05) is 24.3 Å². The minimum absolute atomic E-state index is 0.00553. The molecule has 0 amide bonds. The SMILES string of the molecule is C=C(NOCc1cccc(Cl)c1)c1cccc(Oc2ncnc(OC)c2C(=NOC)C(=O)OC)c1. The average Bonchev–Trinajstić information content (AvgIpc) is 2.87. The van der Waals surface area contributed by atoms with Gasteiger partial charge in [-0.3, -0.25) is 10.3 Å². The van der Waals surface area contributed by atoms with Gasteiger partial charge in [0.1, 0.15) is 24.8 Å². The minimum atomic E-state index is -0.784. The van der Waals surface area contributed by atoms with E-state index in [1.165, 1.54) is 27.7 Å². The van der Waals surface area contributed by atoms with Gasteiger partial charge < -0.3 is 19.0 Å². The Morgan fingerprint density at radius 1 is 1.09 bits per heavy atom. The van der Waals surface area contributed by atoms with Crippen LogP contribution in [-0.4, -0.2) is 43.0 Å². The second-order valence-corrected chi connectivity index (χ2v) is 7.24. The number of aromatic nitrogens is 2. The second-order valence-electron chi connectivity index (χ2n) is 6.81. The molecular formula is C24H23ClN4O6. The smallest absolute Gasteiger partial charge is 0.361 e. The lowest BCUT2D eigenvalue weighted by Gasteiger charge is -2.14. The summed E-state index contributed by atoms with van der Waals surface area (Å²) in [5.74, 6) is -0.337. The highest BCUT2D eigenvalue weighted by Gasteiger charge is 2.27. The van der Waals surface area contributed by atoms with E-state index in [4.69, 9.17) is 35.5 Å². The maximum atomic E-state index is 12.3. The highest BCUT2D eigenvalue weighted by molar-refractivity contribution is 6.44. The van der Waals surface area contributed by atoms with Crippen molar-refractivity contribution in [2.24, 2.45) is 5.16 Å². The number of methoxy groups -OCH3 is 2. The standard InChI is InChI=1S/C24H23ClN4O6/c1-15(28-34-13-16-7-5-9-18(25)11-16)17-8-6-10-19(12-17)35-23-20(22(31-2)26-14-27-23)21(29-33-4)24(30)32-3/h5-12,14,28H,1,13H2,2-4H3. The number of benzene rings is 2. The molecule has 0 spiro atoms. The summed E-state index contributed by atoms with van der Waals surface area (Å²) >= 11 is 5.99. The van der Waals surface area contributed by atoms with Crippen LogP contribution in [0.2, 0.25) is 5.02 Å². The van der Waals surface area contributed by atoms with Crippen LogP contribution in [0.25, 0.3) is 5.70 Å². The molecule has 0 unspecified atom stereocenters. The van der Waals surface area contributed by atoms with Crippen molar-refractivity contribution in [3.63, 3.8) is 0 Å². The molecule has 2 aromatic carbocycles. The van der Waals surface area contributed by atoms with Gasteiger partial charge in [-0.15, -0.1) is 0 Å². The molecule has 0 atom stereocenters. The molecule has 1 heterocycles. The molecule has 1 N–H and O–H groups in total. The molecule has 182 valence electrons. The Labute approximate surface area is 207 Å². The lowest BCUT2D eigenvalue weighted by Crippen LogP contribution is -2.20. The summed E-state index contributed by atoms with van der Waals surface area (Å²) in [4.78, 5) is 30.8. The molecule has 0 radical (unpaired) electrons. The zero-order chi connectivity index (χ0) is 25.2. The summed E-state index contributed by atoms with van der Waals surface area (Å²) in [6, 6.07) is 14.3. The summed E-state index contributed by atoms with van der Waals surface area (Å²) in [5.41, 5.74) is 4.74. The van der Waals surface area contributed by atoms with E-state index < -0.39 is 5.97 Å². The molecule has 0 bridgehead atoms. The number of hydrogen-bond acceptors (Lipinski definition) is 10. The first-order valence-electron chi connectivity index (χ1n) is 10.1. The van der Waals surface area contributed by atoms with Crippen LogP contribution in [0, 0.1) is 0 Å². The molecule has 0 saturated carbocycles. The van der Waals surface area contributed by atoms with Crippen LogP contribution in [0.5, 0.6) is 17.5 Å². The van der Waals surface area contributed by atoms with Crippen LogP contribution in [-0.2, 0) is 25.8 Å². The average molecular weight is 499 g/mol. The van der Waals surface area contributed by atoms with Crippen molar-refractivity contribution in [1.82, 2.24) is 15.4 Å². The van der Waals surface area contributed by atoms with Crippen molar-refractivity contribution in [3.05, 3.63) is 83.2 Å². The lowest BCUT2D eigenvalue weighted by atomic mass is 10.1. The lowest BCUT2D eigenvalue weighted by molar-refractivity contribution is -0.132. The first-order chi connectivity index (χ1) is 17.0. The Balaban J connectivity index is 1.80. The number of nitrogens with zero attached hydrogens (tertiary/aromatic N) is 3. The number of ether oxygens (including phenoxy) is 3. The van der Waals surface area contributed by atoms with Crippen LogP contribution in [0.4, 0.5) is 0 Å². The van der Waals surface area contributed by atoms with Crippen LogP contribution in [0.1, 0.15) is 16.7 Å². The molecule has 10 nitrogen and oxygen atoms in total. The molecule has 35 heavy (non-hydrogen) atoms. The predicted octanol–water partition coefficient (Wildman–Crippen LogP) is 4.15. The van der Waals surface area contributed by atoms with Gasteiger partial charge in [0.05, 0.1) is 26.5 Å². The molecule has 0 aliphatic rings. The normalized spacial score (nSPS) is 10.9. The highest BCUT2D eigenvalue weighted by Crippen LogP contribution is 2.30. The van der Waals surface area contributed by atoms with Gasteiger partial charge in [0.15, 0.2) is 0 Å². The fourth-order valence-corrected chi connectivity index (χ4v) is 3.13. The molecule has 0 saturated heterocycles. The Hall–Kier alpha value is -4.15. The van der Waals surface area contributed by atoms with Crippen molar-refractivity contribution >= 4 is 29.0 Å².